The highest BCUT2D eigenvalue weighted by Gasteiger charge is 2.55. The van der Waals surface area contributed by atoms with Gasteiger partial charge < -0.3 is 0 Å². The summed E-state index contributed by atoms with van der Waals surface area (Å²) < 4.78 is 0. The smallest absolute Gasteiger partial charge is 0.160 e. The van der Waals surface area contributed by atoms with E-state index in [0.29, 0.717) is 0 Å². The Bertz CT molecular complexity index is 1680. The fourth-order valence-corrected chi connectivity index (χ4v) is 6.46. The molecule has 2 aliphatic rings. The van der Waals surface area contributed by atoms with Gasteiger partial charge in [0.1, 0.15) is 0 Å². The van der Waals surface area contributed by atoms with Crippen LogP contribution in [0.5, 0.6) is 0 Å². The SMILES string of the molecule is C/C=C1\C(=C/C)c2nc(-c3ccccc3)nc(-c3ccccc3)c2C12c1ccccc1-c1ccccc12. The molecule has 2 aliphatic carbocycles. The van der Waals surface area contributed by atoms with E-state index in [9.17, 15) is 0 Å². The maximum atomic E-state index is 5.32. The third-order valence-electron chi connectivity index (χ3n) is 7.84. The summed E-state index contributed by atoms with van der Waals surface area (Å²) in [6, 6.07) is 38.6. The molecule has 0 aliphatic heterocycles. The van der Waals surface area contributed by atoms with Gasteiger partial charge in [-0.25, -0.2) is 9.97 Å². The average Bonchev–Trinajstić information content (AvgIpc) is 3.43. The standard InChI is InChI=1S/C35H26N2/c1-3-25-28(4-2)35(29-21-13-11-19-26(29)27-20-12-14-22-30(27)35)31-32(23-15-7-5-8-16-23)36-34(37-33(25)31)24-17-9-6-10-18-24/h3-22H,1-2H3/b25-3+,28-4+. The van der Waals surface area contributed by atoms with E-state index in [1.165, 1.54) is 39.0 Å². The van der Waals surface area contributed by atoms with Crippen molar-refractivity contribution in [1.82, 2.24) is 9.97 Å². The van der Waals surface area contributed by atoms with E-state index in [-0.39, 0.29) is 0 Å². The molecular weight excluding hydrogens is 448 g/mol. The molecule has 1 heterocycles. The normalized spacial score (nSPS) is 16.7. The topological polar surface area (TPSA) is 25.8 Å². The molecule has 1 aromatic heterocycles. The van der Waals surface area contributed by atoms with Crippen LogP contribution in [0.25, 0.3) is 39.3 Å². The third kappa shape index (κ3) is 2.87. The highest BCUT2D eigenvalue weighted by molar-refractivity contribution is 6.01. The van der Waals surface area contributed by atoms with Crippen LogP contribution in [0.2, 0.25) is 0 Å². The second kappa shape index (κ2) is 8.25. The van der Waals surface area contributed by atoms with Crippen molar-refractivity contribution in [2.75, 3.05) is 0 Å². The molecule has 7 rings (SSSR count). The van der Waals surface area contributed by atoms with E-state index in [4.69, 9.17) is 9.97 Å². The van der Waals surface area contributed by atoms with Gasteiger partial charge in [-0.1, -0.05) is 121 Å². The summed E-state index contributed by atoms with van der Waals surface area (Å²) in [6.07, 6.45) is 4.51. The fourth-order valence-electron chi connectivity index (χ4n) is 6.46. The van der Waals surface area contributed by atoms with Gasteiger partial charge in [0.15, 0.2) is 5.82 Å². The molecule has 4 aromatic carbocycles. The molecule has 0 saturated heterocycles. The van der Waals surface area contributed by atoms with Crippen molar-refractivity contribution in [1.29, 1.82) is 0 Å². The third-order valence-corrected chi connectivity index (χ3v) is 7.84. The quantitative estimate of drug-likeness (QED) is 0.256. The molecule has 176 valence electrons. The molecule has 0 atom stereocenters. The van der Waals surface area contributed by atoms with Crippen LogP contribution in [-0.2, 0) is 5.41 Å². The number of fused-ring (bicyclic) bond motifs is 7. The molecule has 0 fully saturated rings. The Morgan fingerprint density at radius 2 is 1.05 bits per heavy atom. The summed E-state index contributed by atoms with van der Waals surface area (Å²) in [6.45, 7) is 4.28. The first-order valence-corrected chi connectivity index (χ1v) is 12.9. The van der Waals surface area contributed by atoms with Crippen LogP contribution in [0.3, 0.4) is 0 Å². The van der Waals surface area contributed by atoms with E-state index in [1.807, 2.05) is 18.2 Å². The Balaban J connectivity index is 1.69. The monoisotopic (exact) mass is 474 g/mol. The van der Waals surface area contributed by atoms with Gasteiger partial charge in [0.05, 0.1) is 16.8 Å². The molecule has 5 aromatic rings. The van der Waals surface area contributed by atoms with Crippen molar-refractivity contribution in [3.05, 3.63) is 149 Å². The molecule has 0 N–H and O–H groups in total. The van der Waals surface area contributed by atoms with E-state index in [2.05, 4.69) is 117 Å². The molecule has 0 radical (unpaired) electrons. The van der Waals surface area contributed by atoms with Gasteiger partial charge in [-0.3, -0.25) is 0 Å². The van der Waals surface area contributed by atoms with E-state index in [1.54, 1.807) is 0 Å². The van der Waals surface area contributed by atoms with Crippen molar-refractivity contribution < 1.29 is 0 Å². The number of hydrogen-bond donors (Lipinski definition) is 0. The Hall–Kier alpha value is -4.56. The Labute approximate surface area is 217 Å². The molecule has 2 heteroatoms. The second-order valence-electron chi connectivity index (χ2n) is 9.60. The summed E-state index contributed by atoms with van der Waals surface area (Å²) in [5.41, 5.74) is 12.5. The zero-order valence-corrected chi connectivity index (χ0v) is 20.9. The zero-order chi connectivity index (χ0) is 25.0. The largest absolute Gasteiger partial charge is 0.228 e. The van der Waals surface area contributed by atoms with Crippen LogP contribution in [0.15, 0.2) is 127 Å². The second-order valence-corrected chi connectivity index (χ2v) is 9.60. The number of hydrogen-bond acceptors (Lipinski definition) is 2. The number of benzene rings is 4. The zero-order valence-electron chi connectivity index (χ0n) is 20.9. The number of rotatable bonds is 2. The van der Waals surface area contributed by atoms with Crippen LogP contribution in [0.1, 0.15) is 36.2 Å². The van der Waals surface area contributed by atoms with E-state index in [0.717, 1.165) is 28.3 Å². The summed E-state index contributed by atoms with van der Waals surface area (Å²) in [5.74, 6) is 0.754. The average molecular weight is 475 g/mol. The Morgan fingerprint density at radius 3 is 1.62 bits per heavy atom. The highest BCUT2D eigenvalue weighted by Crippen LogP contribution is 2.64. The lowest BCUT2D eigenvalue weighted by atomic mass is 9.69. The van der Waals surface area contributed by atoms with Crippen molar-refractivity contribution in [3.8, 4) is 33.8 Å². The minimum atomic E-state index is -0.473. The van der Waals surface area contributed by atoms with Gasteiger partial charge >= 0.3 is 0 Å². The first kappa shape index (κ1) is 21.7. The highest BCUT2D eigenvalue weighted by atomic mass is 14.9. The minimum Gasteiger partial charge on any atom is -0.228 e. The maximum Gasteiger partial charge on any atom is 0.160 e. The van der Waals surface area contributed by atoms with Gasteiger partial charge in [0.2, 0.25) is 0 Å². The number of nitrogens with zero attached hydrogens (tertiary/aromatic N) is 2. The molecule has 2 nitrogen and oxygen atoms in total. The van der Waals surface area contributed by atoms with Crippen molar-refractivity contribution in [2.45, 2.75) is 19.3 Å². The summed E-state index contributed by atoms with van der Waals surface area (Å²) in [4.78, 5) is 10.6. The molecule has 1 spiro atoms. The van der Waals surface area contributed by atoms with Gasteiger partial charge in [-0.2, -0.15) is 0 Å². The fraction of sp³-hybridized carbons (Fsp3) is 0.0857. The van der Waals surface area contributed by atoms with E-state index >= 15 is 0 Å². The summed E-state index contributed by atoms with van der Waals surface area (Å²) >= 11 is 0. The minimum absolute atomic E-state index is 0.473. The van der Waals surface area contributed by atoms with Gasteiger partial charge in [0.25, 0.3) is 0 Å². The lowest BCUT2D eigenvalue weighted by molar-refractivity contribution is 0.786. The lowest BCUT2D eigenvalue weighted by Gasteiger charge is -2.31. The van der Waals surface area contributed by atoms with Crippen LogP contribution >= 0.6 is 0 Å². The molecular formula is C35H26N2. The molecule has 0 bridgehead atoms. The predicted molar refractivity (Wildman–Crippen MR) is 152 cm³/mol. The number of allylic oxidation sites excluding steroid dienone is 4. The van der Waals surface area contributed by atoms with E-state index < -0.39 is 5.41 Å². The Kier molecular flexibility index (Phi) is 4.84. The van der Waals surface area contributed by atoms with Crippen LogP contribution in [0, 0.1) is 0 Å². The van der Waals surface area contributed by atoms with Crippen LogP contribution in [0.4, 0.5) is 0 Å². The van der Waals surface area contributed by atoms with Crippen molar-refractivity contribution in [3.63, 3.8) is 0 Å². The van der Waals surface area contributed by atoms with Crippen LogP contribution in [-0.4, -0.2) is 9.97 Å². The summed E-state index contributed by atoms with van der Waals surface area (Å²) in [7, 11) is 0. The molecule has 37 heavy (non-hydrogen) atoms. The maximum absolute atomic E-state index is 5.32. The predicted octanol–water partition coefficient (Wildman–Crippen LogP) is 8.49. The number of aromatic nitrogens is 2. The van der Waals surface area contributed by atoms with Gasteiger partial charge in [0, 0.05) is 22.3 Å². The van der Waals surface area contributed by atoms with Crippen molar-refractivity contribution in [2.24, 2.45) is 0 Å². The Morgan fingerprint density at radius 1 is 0.541 bits per heavy atom. The summed E-state index contributed by atoms with van der Waals surface area (Å²) in [5, 5.41) is 0. The van der Waals surface area contributed by atoms with Gasteiger partial charge in [-0.05, 0) is 41.7 Å². The molecule has 0 amide bonds. The molecule has 0 saturated carbocycles. The van der Waals surface area contributed by atoms with Crippen molar-refractivity contribution >= 4 is 5.57 Å². The first-order valence-electron chi connectivity index (χ1n) is 12.9. The lowest BCUT2D eigenvalue weighted by Crippen LogP contribution is -2.27. The molecule has 0 unspecified atom stereocenters. The van der Waals surface area contributed by atoms with Gasteiger partial charge in [-0.15, -0.1) is 0 Å². The first-order chi connectivity index (χ1) is 18.3. The van der Waals surface area contributed by atoms with Crippen LogP contribution < -0.4 is 0 Å².